The molecule has 5 atom stereocenters. The van der Waals surface area contributed by atoms with Crippen LogP contribution in [-0.4, -0.2) is 61.7 Å². The van der Waals surface area contributed by atoms with Gasteiger partial charge in [0.25, 0.3) is 0 Å². The Morgan fingerprint density at radius 2 is 1.16 bits per heavy atom. The lowest BCUT2D eigenvalue weighted by molar-refractivity contribution is -0.282. The lowest BCUT2D eigenvalue weighted by Gasteiger charge is -2.43. The maximum Gasteiger partial charge on any atom is 0.339 e. The molecule has 0 aromatic heterocycles. The Morgan fingerprint density at radius 3 is 1.70 bits per heavy atom. The van der Waals surface area contributed by atoms with Crippen molar-refractivity contribution in [1.29, 1.82) is 0 Å². The molecule has 0 N–H and O–H groups in total. The molecule has 1 aliphatic rings. The number of benzene rings is 3. The Hall–Kier alpha value is -4.90. The Balaban J connectivity index is 1.47. The zero-order valence-corrected chi connectivity index (χ0v) is 24.8. The van der Waals surface area contributed by atoms with Crippen LogP contribution in [0, 0.1) is 0 Å². The molecule has 1 saturated heterocycles. The van der Waals surface area contributed by atoms with E-state index in [4.69, 9.17) is 33.2 Å². The number of methoxy groups -OCH3 is 1. The van der Waals surface area contributed by atoms with Crippen LogP contribution in [0.4, 0.5) is 0 Å². The zero-order chi connectivity index (χ0) is 31.6. The van der Waals surface area contributed by atoms with E-state index in [9.17, 15) is 19.2 Å². The van der Waals surface area contributed by atoms with E-state index in [-0.39, 0.29) is 0 Å². The zero-order valence-electron chi connectivity index (χ0n) is 24.8. The highest BCUT2D eigenvalue weighted by molar-refractivity contribution is 5.77. The van der Waals surface area contributed by atoms with Gasteiger partial charge in [-0.15, -0.1) is 0 Å². The van der Waals surface area contributed by atoms with Crippen LogP contribution in [0.25, 0.3) is 0 Å². The van der Waals surface area contributed by atoms with Crippen molar-refractivity contribution in [2.45, 2.75) is 64.5 Å². The molecule has 0 bridgehead atoms. The van der Waals surface area contributed by atoms with Gasteiger partial charge in [-0.2, -0.15) is 0 Å². The minimum atomic E-state index is -1.54. The van der Waals surface area contributed by atoms with Gasteiger partial charge in [-0.25, -0.2) is 4.79 Å². The van der Waals surface area contributed by atoms with Crippen molar-refractivity contribution in [2.24, 2.45) is 0 Å². The molecule has 4 rings (SSSR count). The molecule has 44 heavy (non-hydrogen) atoms. The summed E-state index contributed by atoms with van der Waals surface area (Å²) in [6, 6.07) is 24.8. The minimum Gasteiger partial charge on any atom is -0.489 e. The van der Waals surface area contributed by atoms with Crippen molar-refractivity contribution in [3.63, 3.8) is 0 Å². The monoisotopic (exact) mass is 606 g/mol. The molecule has 1 aliphatic heterocycles. The number of carbonyl (C=O) groups is 4. The molecular weight excluding hydrogens is 572 g/mol. The third-order valence-corrected chi connectivity index (χ3v) is 6.59. The minimum absolute atomic E-state index is 0.316. The Morgan fingerprint density at radius 1 is 0.636 bits per heavy atom. The van der Waals surface area contributed by atoms with Gasteiger partial charge < -0.3 is 33.2 Å². The highest BCUT2D eigenvalue weighted by Gasteiger charge is 2.55. The van der Waals surface area contributed by atoms with Crippen molar-refractivity contribution < 1.29 is 52.3 Å². The van der Waals surface area contributed by atoms with Gasteiger partial charge in [-0.05, 0) is 47.4 Å². The fourth-order valence-electron chi connectivity index (χ4n) is 4.67. The summed E-state index contributed by atoms with van der Waals surface area (Å²) >= 11 is 0. The molecule has 3 aromatic carbocycles. The smallest absolute Gasteiger partial charge is 0.339 e. The van der Waals surface area contributed by atoms with Crippen LogP contribution in [0.2, 0.25) is 0 Å². The molecule has 11 heteroatoms. The molecule has 0 aliphatic carbocycles. The van der Waals surface area contributed by atoms with E-state index in [1.807, 2.05) is 66.7 Å². The summed E-state index contributed by atoms with van der Waals surface area (Å²) in [6.07, 6.45) is -6.60. The predicted octanol–water partition coefficient (Wildman–Crippen LogP) is 3.93. The second-order valence-electron chi connectivity index (χ2n) is 10.0. The van der Waals surface area contributed by atoms with Gasteiger partial charge in [0.05, 0.1) is 7.11 Å². The van der Waals surface area contributed by atoms with Crippen LogP contribution < -0.4 is 9.47 Å². The van der Waals surface area contributed by atoms with Crippen LogP contribution in [0.5, 0.6) is 11.5 Å². The maximum atomic E-state index is 12.6. The lowest BCUT2D eigenvalue weighted by Crippen LogP contribution is -2.64. The number of esters is 4. The second-order valence-corrected chi connectivity index (χ2v) is 10.0. The van der Waals surface area contributed by atoms with E-state index >= 15 is 0 Å². The average molecular weight is 607 g/mol. The van der Waals surface area contributed by atoms with Crippen molar-refractivity contribution in [3.05, 3.63) is 95.6 Å². The standard InChI is InChI=1S/C33H34O11/c1-20(34)40-28-29(41-21(2)35)31(42-22(3)36)33(44-30(28)32(37)38-4)43-27-16-12-24(13-17-27)18-23-10-14-26(15-11-23)39-19-25-8-6-5-7-9-25/h5-17,28-31,33H,18-19H2,1-4H3/t28-,29-,30-,31+,33+/m0/s1. The second kappa shape index (κ2) is 15.0. The van der Waals surface area contributed by atoms with Gasteiger partial charge in [0, 0.05) is 20.8 Å². The van der Waals surface area contributed by atoms with E-state index in [1.165, 1.54) is 0 Å². The fourth-order valence-corrected chi connectivity index (χ4v) is 4.67. The van der Waals surface area contributed by atoms with Crippen LogP contribution in [0.1, 0.15) is 37.5 Å². The lowest BCUT2D eigenvalue weighted by atomic mass is 9.97. The topological polar surface area (TPSA) is 133 Å². The molecular formula is C33H34O11. The Labute approximate surface area is 254 Å². The molecule has 0 spiro atoms. The first kappa shape index (κ1) is 32.0. The van der Waals surface area contributed by atoms with Gasteiger partial charge >= 0.3 is 23.9 Å². The van der Waals surface area contributed by atoms with Crippen molar-refractivity contribution >= 4 is 23.9 Å². The van der Waals surface area contributed by atoms with E-state index in [0.717, 1.165) is 50.3 Å². The van der Waals surface area contributed by atoms with E-state index in [1.54, 1.807) is 12.1 Å². The highest BCUT2D eigenvalue weighted by atomic mass is 16.7. The van der Waals surface area contributed by atoms with Crippen LogP contribution >= 0.6 is 0 Å². The Kier molecular flexibility index (Phi) is 10.9. The summed E-state index contributed by atoms with van der Waals surface area (Å²) in [7, 11) is 1.12. The van der Waals surface area contributed by atoms with E-state index in [0.29, 0.717) is 18.8 Å². The number of hydrogen-bond acceptors (Lipinski definition) is 11. The summed E-state index contributed by atoms with van der Waals surface area (Å²) in [5.74, 6) is -2.12. The Bertz CT molecular complexity index is 1420. The molecule has 11 nitrogen and oxygen atoms in total. The summed E-state index contributed by atoms with van der Waals surface area (Å²) < 4.78 is 38.5. The molecule has 0 saturated carbocycles. The van der Waals surface area contributed by atoms with Crippen LogP contribution in [0.3, 0.4) is 0 Å². The van der Waals surface area contributed by atoms with Gasteiger partial charge in [0.15, 0.2) is 18.3 Å². The number of hydrogen-bond donors (Lipinski definition) is 0. The third kappa shape index (κ3) is 8.81. The quantitative estimate of drug-likeness (QED) is 0.232. The molecule has 3 aromatic rings. The first-order valence-corrected chi connectivity index (χ1v) is 13.9. The fraction of sp³-hybridized carbons (Fsp3) is 0.333. The molecule has 1 heterocycles. The first-order valence-electron chi connectivity index (χ1n) is 13.9. The van der Waals surface area contributed by atoms with Crippen molar-refractivity contribution in [2.75, 3.05) is 7.11 Å². The molecule has 0 amide bonds. The highest BCUT2D eigenvalue weighted by Crippen LogP contribution is 2.31. The first-order chi connectivity index (χ1) is 21.1. The maximum absolute atomic E-state index is 12.6. The molecule has 0 unspecified atom stereocenters. The van der Waals surface area contributed by atoms with Gasteiger partial charge in [0.2, 0.25) is 12.4 Å². The van der Waals surface area contributed by atoms with Gasteiger partial charge in [-0.3, -0.25) is 14.4 Å². The SMILES string of the molecule is COC(=O)[C@H]1O[C@@H](Oc2ccc(Cc3ccc(OCc4ccccc4)cc3)cc2)[C@H](OC(C)=O)[C@@H](OC(C)=O)[C@@H]1OC(C)=O. The van der Waals surface area contributed by atoms with Crippen LogP contribution in [-0.2, 0) is 55.9 Å². The molecule has 1 fully saturated rings. The molecule has 232 valence electrons. The van der Waals surface area contributed by atoms with Gasteiger partial charge in [0.1, 0.15) is 18.1 Å². The number of carbonyl (C=O) groups excluding carboxylic acids is 4. The summed E-state index contributed by atoms with van der Waals surface area (Å²) in [4.78, 5) is 48.4. The molecule has 0 radical (unpaired) electrons. The predicted molar refractivity (Wildman–Crippen MR) is 154 cm³/mol. The largest absolute Gasteiger partial charge is 0.489 e. The third-order valence-electron chi connectivity index (χ3n) is 6.59. The number of rotatable bonds is 11. The number of ether oxygens (including phenoxy) is 7. The van der Waals surface area contributed by atoms with E-state index in [2.05, 4.69) is 0 Å². The normalized spacial score (nSPS) is 21.0. The van der Waals surface area contributed by atoms with Gasteiger partial charge in [-0.1, -0.05) is 54.6 Å². The average Bonchev–Trinajstić information content (AvgIpc) is 3.00. The van der Waals surface area contributed by atoms with Crippen molar-refractivity contribution in [3.8, 4) is 11.5 Å². The van der Waals surface area contributed by atoms with Crippen LogP contribution in [0.15, 0.2) is 78.9 Å². The van der Waals surface area contributed by atoms with Crippen molar-refractivity contribution in [1.82, 2.24) is 0 Å². The van der Waals surface area contributed by atoms with E-state index < -0.39 is 54.6 Å². The summed E-state index contributed by atoms with van der Waals surface area (Å²) in [6.45, 7) is 3.86. The summed E-state index contributed by atoms with van der Waals surface area (Å²) in [5.41, 5.74) is 3.14. The summed E-state index contributed by atoms with van der Waals surface area (Å²) in [5, 5.41) is 0.